The highest BCUT2D eigenvalue weighted by Crippen LogP contribution is 2.23. The Morgan fingerprint density at radius 3 is 2.67 bits per heavy atom. The molecular weight excluding hydrogens is 324 g/mol. The molecule has 0 radical (unpaired) electrons. The van der Waals surface area contributed by atoms with E-state index in [0.29, 0.717) is 13.1 Å². The Morgan fingerprint density at radius 2 is 2.08 bits per heavy atom. The van der Waals surface area contributed by atoms with E-state index >= 15 is 0 Å². The molecule has 1 aromatic rings. The van der Waals surface area contributed by atoms with Crippen LogP contribution in [0.1, 0.15) is 55.3 Å². The molecule has 0 aliphatic carbocycles. The molecule has 0 bridgehead atoms. The van der Waals surface area contributed by atoms with Crippen molar-refractivity contribution in [3.63, 3.8) is 0 Å². The number of likely N-dealkylation sites (N-methyl/N-ethyl adjacent to an activating group) is 1. The smallest absolute Gasteiger partial charge is 0.410 e. The number of piperidine rings is 1. The van der Waals surface area contributed by atoms with Gasteiger partial charge in [0.15, 0.2) is 0 Å². The van der Waals surface area contributed by atoms with Crippen LogP contribution in [0.2, 0.25) is 0 Å². The van der Waals surface area contributed by atoms with E-state index in [9.17, 15) is 9.59 Å². The maximum atomic E-state index is 12.6. The van der Waals surface area contributed by atoms with Gasteiger partial charge in [-0.15, -0.1) is 11.3 Å². The number of thiophene rings is 1. The average molecular weight is 353 g/mol. The van der Waals surface area contributed by atoms with Gasteiger partial charge in [-0.3, -0.25) is 4.79 Å². The van der Waals surface area contributed by atoms with E-state index in [2.05, 4.69) is 0 Å². The SMILES string of the molecule is Cc1ccsc1C(=O)N(C)C[C@@H]1CCCCN1C(=O)OC(C)(C)C. The molecule has 2 rings (SSSR count). The molecule has 1 fully saturated rings. The molecule has 0 spiro atoms. The number of likely N-dealkylation sites (tertiary alicyclic amines) is 1. The summed E-state index contributed by atoms with van der Waals surface area (Å²) in [4.78, 5) is 29.4. The first-order valence-corrected chi connectivity index (χ1v) is 9.36. The molecule has 134 valence electrons. The predicted octanol–water partition coefficient (Wildman–Crippen LogP) is 3.92. The van der Waals surface area contributed by atoms with Gasteiger partial charge in [-0.25, -0.2) is 4.79 Å². The first kappa shape index (κ1) is 18.8. The first-order valence-electron chi connectivity index (χ1n) is 8.48. The van der Waals surface area contributed by atoms with Crippen molar-refractivity contribution in [2.24, 2.45) is 0 Å². The van der Waals surface area contributed by atoms with Crippen LogP contribution in [-0.2, 0) is 4.74 Å². The molecule has 0 unspecified atom stereocenters. The molecule has 1 aliphatic rings. The molecule has 1 saturated heterocycles. The zero-order valence-electron chi connectivity index (χ0n) is 15.3. The fraction of sp³-hybridized carbons (Fsp3) is 0.667. The highest BCUT2D eigenvalue weighted by atomic mass is 32.1. The van der Waals surface area contributed by atoms with Crippen LogP contribution in [0.25, 0.3) is 0 Å². The van der Waals surface area contributed by atoms with Gasteiger partial charge in [0.1, 0.15) is 5.60 Å². The number of hydrogen-bond donors (Lipinski definition) is 0. The molecule has 1 aromatic heterocycles. The second-order valence-corrected chi connectivity index (χ2v) is 8.36. The Kier molecular flexibility index (Phi) is 5.91. The second kappa shape index (κ2) is 7.55. The summed E-state index contributed by atoms with van der Waals surface area (Å²) in [6, 6.07) is 1.97. The topological polar surface area (TPSA) is 49.9 Å². The van der Waals surface area contributed by atoms with E-state index in [4.69, 9.17) is 4.74 Å². The molecule has 2 amide bonds. The van der Waals surface area contributed by atoms with Crippen molar-refractivity contribution in [1.82, 2.24) is 9.80 Å². The average Bonchev–Trinajstić information content (AvgIpc) is 2.91. The zero-order chi connectivity index (χ0) is 17.9. The number of amides is 2. The van der Waals surface area contributed by atoms with Crippen molar-refractivity contribution in [2.75, 3.05) is 20.1 Å². The van der Waals surface area contributed by atoms with Gasteiger partial charge in [0.2, 0.25) is 0 Å². The lowest BCUT2D eigenvalue weighted by Crippen LogP contribution is -2.51. The minimum Gasteiger partial charge on any atom is -0.444 e. The van der Waals surface area contributed by atoms with Crippen molar-refractivity contribution in [3.05, 3.63) is 21.9 Å². The van der Waals surface area contributed by atoms with Crippen LogP contribution in [0.15, 0.2) is 11.4 Å². The fourth-order valence-corrected chi connectivity index (χ4v) is 3.83. The van der Waals surface area contributed by atoms with Gasteiger partial charge >= 0.3 is 6.09 Å². The Bertz CT molecular complexity index is 591. The Balaban J connectivity index is 2.04. The van der Waals surface area contributed by atoms with Gasteiger partial charge in [-0.2, -0.15) is 0 Å². The largest absolute Gasteiger partial charge is 0.444 e. The Hall–Kier alpha value is -1.56. The van der Waals surface area contributed by atoms with Gasteiger partial charge in [-0.05, 0) is 64.0 Å². The predicted molar refractivity (Wildman–Crippen MR) is 96.6 cm³/mol. The number of carbonyl (C=O) groups excluding carboxylic acids is 2. The summed E-state index contributed by atoms with van der Waals surface area (Å²) in [7, 11) is 1.81. The van der Waals surface area contributed by atoms with Crippen LogP contribution in [0, 0.1) is 6.92 Å². The summed E-state index contributed by atoms with van der Waals surface area (Å²) < 4.78 is 5.53. The van der Waals surface area contributed by atoms with Crippen LogP contribution in [0.3, 0.4) is 0 Å². The van der Waals surface area contributed by atoms with Gasteiger partial charge in [0, 0.05) is 20.1 Å². The molecule has 1 aliphatic heterocycles. The highest BCUT2D eigenvalue weighted by Gasteiger charge is 2.32. The molecule has 0 N–H and O–H groups in total. The van der Waals surface area contributed by atoms with Crippen molar-refractivity contribution in [1.29, 1.82) is 0 Å². The van der Waals surface area contributed by atoms with Gasteiger partial charge in [0.25, 0.3) is 5.91 Å². The van der Waals surface area contributed by atoms with Crippen LogP contribution < -0.4 is 0 Å². The summed E-state index contributed by atoms with van der Waals surface area (Å²) in [6.07, 6.45) is 2.68. The number of rotatable bonds is 3. The van der Waals surface area contributed by atoms with E-state index in [1.165, 1.54) is 11.3 Å². The van der Waals surface area contributed by atoms with E-state index in [1.54, 1.807) is 9.80 Å². The van der Waals surface area contributed by atoms with E-state index in [0.717, 1.165) is 29.7 Å². The standard InChI is InChI=1S/C18H28N2O3S/c1-13-9-11-24-15(13)16(21)19(5)12-14-8-6-7-10-20(14)17(22)23-18(2,3)4/h9,11,14H,6-8,10,12H2,1-5H3/t14-/m0/s1. The van der Waals surface area contributed by atoms with Crippen LogP contribution in [-0.4, -0.2) is 53.6 Å². The van der Waals surface area contributed by atoms with E-state index in [1.807, 2.05) is 46.2 Å². The quantitative estimate of drug-likeness (QED) is 0.828. The summed E-state index contributed by atoms with van der Waals surface area (Å²) >= 11 is 1.47. The van der Waals surface area contributed by atoms with Crippen molar-refractivity contribution in [3.8, 4) is 0 Å². The van der Waals surface area contributed by atoms with Gasteiger partial charge < -0.3 is 14.5 Å². The molecule has 24 heavy (non-hydrogen) atoms. The third kappa shape index (κ3) is 4.72. The normalized spacial score (nSPS) is 18.4. The summed E-state index contributed by atoms with van der Waals surface area (Å²) in [5, 5.41) is 1.93. The molecule has 2 heterocycles. The monoisotopic (exact) mass is 352 g/mol. The van der Waals surface area contributed by atoms with Crippen LogP contribution in [0.5, 0.6) is 0 Å². The maximum Gasteiger partial charge on any atom is 0.410 e. The number of aryl methyl sites for hydroxylation is 1. The molecule has 0 saturated carbocycles. The highest BCUT2D eigenvalue weighted by molar-refractivity contribution is 7.12. The van der Waals surface area contributed by atoms with E-state index < -0.39 is 5.60 Å². The van der Waals surface area contributed by atoms with Gasteiger partial charge in [0.05, 0.1) is 10.9 Å². The van der Waals surface area contributed by atoms with Crippen molar-refractivity contribution in [2.45, 2.75) is 58.6 Å². The van der Waals surface area contributed by atoms with Crippen LogP contribution in [0.4, 0.5) is 4.79 Å². The minimum absolute atomic E-state index is 0.0165. The van der Waals surface area contributed by atoms with E-state index in [-0.39, 0.29) is 18.0 Å². The van der Waals surface area contributed by atoms with Crippen LogP contribution >= 0.6 is 11.3 Å². The third-order valence-electron chi connectivity index (χ3n) is 4.14. The Labute approximate surface area is 148 Å². The lowest BCUT2D eigenvalue weighted by molar-refractivity contribution is 0.00606. The summed E-state index contributed by atoms with van der Waals surface area (Å²) in [6.45, 7) is 8.80. The van der Waals surface area contributed by atoms with Crippen molar-refractivity contribution >= 4 is 23.3 Å². The summed E-state index contributed by atoms with van der Waals surface area (Å²) in [5.41, 5.74) is 0.499. The Morgan fingerprint density at radius 1 is 1.38 bits per heavy atom. The lowest BCUT2D eigenvalue weighted by atomic mass is 10.0. The molecule has 0 aromatic carbocycles. The molecular formula is C18H28N2O3S. The number of nitrogens with zero attached hydrogens (tertiary/aromatic N) is 2. The number of hydrogen-bond acceptors (Lipinski definition) is 4. The summed E-state index contributed by atoms with van der Waals surface area (Å²) in [5.74, 6) is 0.0252. The number of ether oxygens (including phenoxy) is 1. The van der Waals surface area contributed by atoms with Crippen molar-refractivity contribution < 1.29 is 14.3 Å². The first-order chi connectivity index (χ1) is 11.2. The fourth-order valence-electron chi connectivity index (χ4n) is 2.92. The zero-order valence-corrected chi connectivity index (χ0v) is 16.1. The van der Waals surface area contributed by atoms with Gasteiger partial charge in [-0.1, -0.05) is 0 Å². The molecule has 5 nitrogen and oxygen atoms in total. The minimum atomic E-state index is -0.505. The second-order valence-electron chi connectivity index (χ2n) is 7.44. The third-order valence-corrected chi connectivity index (χ3v) is 5.15. The molecule has 6 heteroatoms. The number of carbonyl (C=O) groups is 2. The lowest BCUT2D eigenvalue weighted by Gasteiger charge is -2.38. The molecule has 1 atom stereocenters. The maximum absolute atomic E-state index is 12.6.